The van der Waals surface area contributed by atoms with Crippen LogP contribution in [0, 0.1) is 0 Å². The van der Waals surface area contributed by atoms with Crippen LogP contribution < -0.4 is 0 Å². The zero-order valence-electron chi connectivity index (χ0n) is 3.67. The third-order valence-electron chi connectivity index (χ3n) is 0. The second kappa shape index (κ2) is 7.10. The first-order chi connectivity index (χ1) is 3.41. The van der Waals surface area contributed by atoms with E-state index in [1.54, 1.807) is 0 Å². The molecule has 0 rings (SSSR count). The molecule has 0 amide bonds. The number of hydrogen-bond donors (Lipinski definition) is 0. The summed E-state index contributed by atoms with van der Waals surface area (Å²) in [4.78, 5) is 0. The van der Waals surface area contributed by atoms with E-state index in [1.807, 2.05) is 0 Å². The van der Waals surface area contributed by atoms with Gasteiger partial charge in [-0.05, 0) is 5.54 Å². The molecule has 0 aliphatic rings. The molecule has 6 heteroatoms. The van der Waals surface area contributed by atoms with Crippen molar-refractivity contribution in [2.45, 2.75) is 0 Å². The summed E-state index contributed by atoms with van der Waals surface area (Å²) < 4.78 is 0. The predicted molar refractivity (Wildman–Crippen MR) is 45.2 cm³/mol. The molecule has 0 spiro atoms. The third kappa shape index (κ3) is 98.7. The minimum absolute atomic E-state index is 1.22. The quantitative estimate of drug-likeness (QED) is 0.596. The Kier molecular flexibility index (Phi) is 11.2. The van der Waals surface area contributed by atoms with Gasteiger partial charge in [0.25, 0.3) is 0 Å². The molecule has 0 fully saturated rings. The van der Waals surface area contributed by atoms with Crippen molar-refractivity contribution in [2.24, 2.45) is 0 Å². The van der Waals surface area contributed by atoms with E-state index >= 15 is 0 Å². The minimum atomic E-state index is -3.29. The Labute approximate surface area is 72.4 Å². The first-order valence-corrected chi connectivity index (χ1v) is 16.3. The van der Waals surface area contributed by atoms with Gasteiger partial charge in [-0.25, -0.2) is 0 Å². The van der Waals surface area contributed by atoms with Gasteiger partial charge in [-0.3, -0.25) is 0 Å². The topological polar surface area (TPSA) is 0 Å². The van der Waals surface area contributed by atoms with Crippen LogP contribution >= 0.6 is 47.3 Å². The Bertz CT molecular complexity index is 49.9. The summed E-state index contributed by atoms with van der Waals surface area (Å²) in [6.07, 6.45) is 0. The van der Waals surface area contributed by atoms with Crippen LogP contribution in [0.2, 0.25) is 0 Å². The van der Waals surface area contributed by atoms with Gasteiger partial charge in [-0.1, -0.05) is 18.2 Å². The van der Waals surface area contributed by atoms with Crippen molar-refractivity contribution < 1.29 is 0 Å². The van der Waals surface area contributed by atoms with Crippen LogP contribution in [-0.4, -0.2) is 13.9 Å². The average Bonchev–Trinajstić information content (AvgIpc) is 1.27. The molecule has 0 heterocycles. The third-order valence-corrected chi connectivity index (χ3v) is 0. The van der Waals surface area contributed by atoms with Crippen molar-refractivity contribution in [1.82, 2.24) is 0 Å². The van der Waals surface area contributed by atoms with E-state index in [0.717, 1.165) is 0 Å². The van der Waals surface area contributed by atoms with E-state index in [2.05, 4.69) is 6.58 Å². The first-order valence-electron chi connectivity index (χ1n) is 1.38. The summed E-state index contributed by atoms with van der Waals surface area (Å²) in [7, 11) is 20.1. The molecule has 50 valence electrons. The number of hydrogen-bond acceptors (Lipinski definition) is 0. The van der Waals surface area contributed by atoms with Crippen LogP contribution in [0.5, 0.6) is 0 Å². The van der Waals surface area contributed by atoms with Gasteiger partial charge in [-0.15, -0.1) is 0 Å². The molecule has 8 heavy (non-hydrogen) atoms. The van der Waals surface area contributed by atoms with Gasteiger partial charge >= 0.3 is 49.6 Å². The molecule has 0 bridgehead atoms. The fourth-order valence-corrected chi connectivity index (χ4v) is 0. The van der Waals surface area contributed by atoms with Gasteiger partial charge in [0.15, 0.2) is 0 Å². The first kappa shape index (κ1) is 12.6. The summed E-state index contributed by atoms with van der Waals surface area (Å²) in [6.45, 7) is 3.13. The second-order valence-electron chi connectivity index (χ2n) is 0.583. The predicted octanol–water partition coefficient (Wildman–Crippen LogP) is 3.75. The fourth-order valence-electron chi connectivity index (χ4n) is 0. The standard InChI is InChI=1S/C2H3Cl.4ClH.Sn/c1-2-3;;;;;/h2H,1H2;4*1H;/q;;;;;+4/p-4. The Morgan fingerprint density at radius 1 is 1.12 bits per heavy atom. The molecule has 0 N–H and O–H groups in total. The zero-order chi connectivity index (χ0) is 7.21. The summed E-state index contributed by atoms with van der Waals surface area (Å²) in [5, 5.41) is 0. The van der Waals surface area contributed by atoms with E-state index in [9.17, 15) is 0 Å². The van der Waals surface area contributed by atoms with Gasteiger partial charge in [-0.2, -0.15) is 0 Å². The van der Waals surface area contributed by atoms with Crippen LogP contribution in [-0.2, 0) is 0 Å². The normalized spacial score (nSPS) is 9.12. The van der Waals surface area contributed by atoms with Crippen LogP contribution in [0.25, 0.3) is 0 Å². The summed E-state index contributed by atoms with van der Waals surface area (Å²) in [5.74, 6) is 0. The van der Waals surface area contributed by atoms with Crippen molar-refractivity contribution >= 4 is 61.2 Å². The molecular weight excluding hydrogens is 320 g/mol. The van der Waals surface area contributed by atoms with E-state index in [-0.39, 0.29) is 0 Å². The molecule has 0 aliphatic carbocycles. The Balaban J connectivity index is 0. The van der Waals surface area contributed by atoms with Crippen molar-refractivity contribution in [1.29, 1.82) is 0 Å². The van der Waals surface area contributed by atoms with Crippen molar-refractivity contribution in [3.63, 3.8) is 0 Å². The molecule has 0 nitrogen and oxygen atoms in total. The second-order valence-corrected chi connectivity index (χ2v) is 26.3. The van der Waals surface area contributed by atoms with Crippen molar-refractivity contribution in [3.05, 3.63) is 12.1 Å². The molecule has 0 saturated heterocycles. The molecule has 0 aromatic rings. The Hall–Kier alpha value is 1.99. The number of rotatable bonds is 0. The van der Waals surface area contributed by atoms with E-state index in [0.29, 0.717) is 0 Å². The fraction of sp³-hybridized carbons (Fsp3) is 0. The van der Waals surface area contributed by atoms with E-state index in [1.165, 1.54) is 5.54 Å². The number of halogens is 5. The monoisotopic (exact) mass is 322 g/mol. The van der Waals surface area contributed by atoms with Gasteiger partial charge in [0.05, 0.1) is 0 Å². The molecule has 0 aromatic heterocycles. The summed E-state index contributed by atoms with van der Waals surface area (Å²) in [6, 6.07) is 0. The van der Waals surface area contributed by atoms with Crippen LogP contribution in [0.3, 0.4) is 0 Å². The van der Waals surface area contributed by atoms with Gasteiger partial charge < -0.3 is 0 Å². The van der Waals surface area contributed by atoms with Gasteiger partial charge in [0.2, 0.25) is 0 Å². The molecule has 0 saturated carbocycles. The Morgan fingerprint density at radius 2 is 1.12 bits per heavy atom. The van der Waals surface area contributed by atoms with Gasteiger partial charge in [0, 0.05) is 0 Å². The molecule has 0 aromatic carbocycles. The van der Waals surface area contributed by atoms with Crippen LogP contribution in [0.1, 0.15) is 0 Å². The van der Waals surface area contributed by atoms with Gasteiger partial charge in [0.1, 0.15) is 0 Å². The van der Waals surface area contributed by atoms with Crippen molar-refractivity contribution in [3.8, 4) is 0 Å². The van der Waals surface area contributed by atoms with Crippen LogP contribution in [0.15, 0.2) is 12.1 Å². The van der Waals surface area contributed by atoms with E-state index < -0.39 is 13.9 Å². The summed E-state index contributed by atoms with van der Waals surface area (Å²) in [5.41, 5.74) is 1.22. The Morgan fingerprint density at radius 3 is 1.12 bits per heavy atom. The maximum absolute atomic E-state index is 5.04. The van der Waals surface area contributed by atoms with Crippen molar-refractivity contribution in [2.75, 3.05) is 0 Å². The molecule has 0 atom stereocenters. The molecule has 0 radical (unpaired) electrons. The zero-order valence-corrected chi connectivity index (χ0v) is 10.3. The summed E-state index contributed by atoms with van der Waals surface area (Å²) >= 11 is 1.47. The molecule has 0 aliphatic heterocycles. The molecular formula is C2H3Cl5Sn. The maximum atomic E-state index is 5.04. The average molecular weight is 323 g/mol. The van der Waals surface area contributed by atoms with Crippen LogP contribution in [0.4, 0.5) is 0 Å². The van der Waals surface area contributed by atoms with E-state index in [4.69, 9.17) is 47.3 Å². The molecule has 0 unspecified atom stereocenters. The SMILES string of the molecule is C=CCl.[Cl][Sn]([Cl])([Cl])[Cl].